The van der Waals surface area contributed by atoms with Gasteiger partial charge in [-0.1, -0.05) is 13.0 Å². The number of carbonyl (C=O) groups excluding carboxylic acids is 2. The zero-order chi connectivity index (χ0) is 12.0. The molecule has 4 heteroatoms. The summed E-state index contributed by atoms with van der Waals surface area (Å²) >= 11 is 0. The Balaban J connectivity index is 2.77. The Kier molecular flexibility index (Phi) is 4.51. The lowest BCUT2D eigenvalue weighted by Gasteiger charge is -2.08. The summed E-state index contributed by atoms with van der Waals surface area (Å²) in [6.45, 7) is 3.84. The van der Waals surface area contributed by atoms with Crippen LogP contribution >= 0.6 is 0 Å². The molecule has 0 atom stereocenters. The third-order valence-electron chi connectivity index (χ3n) is 2.21. The Morgan fingerprint density at radius 2 is 2.19 bits per heavy atom. The highest BCUT2D eigenvalue weighted by atomic mass is 16.1. The summed E-state index contributed by atoms with van der Waals surface area (Å²) in [4.78, 5) is 21.7. The molecule has 1 aromatic rings. The van der Waals surface area contributed by atoms with Crippen LogP contribution in [0.15, 0.2) is 18.2 Å². The van der Waals surface area contributed by atoms with Crippen LogP contribution in [-0.2, 0) is 9.59 Å². The van der Waals surface area contributed by atoms with Crippen molar-refractivity contribution in [3.8, 4) is 0 Å². The molecule has 86 valence electrons. The maximum absolute atomic E-state index is 11.4. The molecule has 2 N–H and O–H groups in total. The van der Waals surface area contributed by atoms with E-state index in [0.29, 0.717) is 24.2 Å². The monoisotopic (exact) mass is 220 g/mol. The number of nitrogens with one attached hydrogen (secondary N) is 2. The van der Waals surface area contributed by atoms with Gasteiger partial charge in [0.15, 0.2) is 0 Å². The fourth-order valence-corrected chi connectivity index (χ4v) is 1.37. The van der Waals surface area contributed by atoms with Crippen LogP contribution in [0.3, 0.4) is 0 Å². The third kappa shape index (κ3) is 3.38. The summed E-state index contributed by atoms with van der Waals surface area (Å²) in [6, 6.07) is 5.42. The van der Waals surface area contributed by atoms with E-state index >= 15 is 0 Å². The smallest absolute Gasteiger partial charge is 0.224 e. The van der Waals surface area contributed by atoms with Crippen molar-refractivity contribution in [3.05, 3.63) is 23.8 Å². The summed E-state index contributed by atoms with van der Waals surface area (Å²) in [5, 5.41) is 5.36. The summed E-state index contributed by atoms with van der Waals surface area (Å²) in [7, 11) is 0. The molecule has 0 aliphatic rings. The fourth-order valence-electron chi connectivity index (χ4n) is 1.37. The van der Waals surface area contributed by atoms with Crippen LogP contribution in [0.5, 0.6) is 0 Å². The van der Waals surface area contributed by atoms with Crippen molar-refractivity contribution in [1.82, 2.24) is 0 Å². The predicted octanol–water partition coefficient (Wildman–Crippen LogP) is 2.30. The first-order valence-corrected chi connectivity index (χ1v) is 5.28. The molecule has 0 unspecified atom stereocenters. The van der Waals surface area contributed by atoms with E-state index in [1.54, 1.807) is 6.07 Å². The Bertz CT molecular complexity index is 389. The quantitative estimate of drug-likeness (QED) is 0.748. The van der Waals surface area contributed by atoms with Crippen molar-refractivity contribution in [3.63, 3.8) is 0 Å². The van der Waals surface area contributed by atoms with Gasteiger partial charge in [-0.2, -0.15) is 0 Å². The van der Waals surface area contributed by atoms with Crippen LogP contribution in [0.4, 0.5) is 11.4 Å². The van der Waals surface area contributed by atoms with Crippen LogP contribution in [0, 0.1) is 6.92 Å². The van der Waals surface area contributed by atoms with E-state index in [0.717, 1.165) is 12.0 Å². The number of rotatable bonds is 5. The van der Waals surface area contributed by atoms with Crippen LogP contribution < -0.4 is 10.6 Å². The van der Waals surface area contributed by atoms with Gasteiger partial charge in [-0.05, 0) is 31.0 Å². The molecule has 2 amide bonds. The van der Waals surface area contributed by atoms with Gasteiger partial charge >= 0.3 is 0 Å². The molecule has 0 saturated heterocycles. The van der Waals surface area contributed by atoms with Gasteiger partial charge in [0.2, 0.25) is 12.3 Å². The van der Waals surface area contributed by atoms with E-state index < -0.39 is 0 Å². The molecular formula is C12H16N2O2. The molecule has 0 saturated carbocycles. The largest absolute Gasteiger partial charge is 0.328 e. The molecule has 4 nitrogen and oxygen atoms in total. The lowest BCUT2D eigenvalue weighted by Crippen LogP contribution is -2.11. The Morgan fingerprint density at radius 1 is 1.44 bits per heavy atom. The minimum absolute atomic E-state index is 0.0107. The maximum atomic E-state index is 11.4. The lowest BCUT2D eigenvalue weighted by atomic mass is 10.1. The van der Waals surface area contributed by atoms with Crippen molar-refractivity contribution in [1.29, 1.82) is 0 Å². The maximum Gasteiger partial charge on any atom is 0.224 e. The fraction of sp³-hybridized carbons (Fsp3) is 0.333. The molecular weight excluding hydrogens is 204 g/mol. The average Bonchev–Trinajstić information content (AvgIpc) is 2.24. The first kappa shape index (κ1) is 12.2. The zero-order valence-corrected chi connectivity index (χ0v) is 9.54. The first-order valence-electron chi connectivity index (χ1n) is 5.28. The first-order chi connectivity index (χ1) is 7.67. The SMILES string of the molecule is CCCC(=O)Nc1ccc(C)c(NC=O)c1. The summed E-state index contributed by atoms with van der Waals surface area (Å²) in [6.07, 6.45) is 1.95. The minimum Gasteiger partial charge on any atom is -0.328 e. The molecule has 1 rings (SSSR count). The molecule has 0 aromatic heterocycles. The lowest BCUT2D eigenvalue weighted by molar-refractivity contribution is -0.116. The van der Waals surface area contributed by atoms with Crippen LogP contribution in [0.2, 0.25) is 0 Å². The molecule has 1 aromatic carbocycles. The minimum atomic E-state index is -0.0107. The van der Waals surface area contributed by atoms with E-state index in [-0.39, 0.29) is 5.91 Å². The normalized spacial score (nSPS) is 9.62. The van der Waals surface area contributed by atoms with Gasteiger partial charge in [0.05, 0.1) is 0 Å². The predicted molar refractivity (Wildman–Crippen MR) is 64.4 cm³/mol. The van der Waals surface area contributed by atoms with Crippen molar-refractivity contribution >= 4 is 23.7 Å². The molecule has 0 aliphatic heterocycles. The highest BCUT2D eigenvalue weighted by Crippen LogP contribution is 2.19. The number of carbonyl (C=O) groups is 2. The average molecular weight is 220 g/mol. The number of hydrogen-bond acceptors (Lipinski definition) is 2. The summed E-state index contributed by atoms with van der Waals surface area (Å²) in [5.41, 5.74) is 2.37. The molecule has 0 aliphatic carbocycles. The van der Waals surface area contributed by atoms with Gasteiger partial charge in [-0.3, -0.25) is 9.59 Å². The van der Waals surface area contributed by atoms with Gasteiger partial charge in [-0.25, -0.2) is 0 Å². The number of aryl methyl sites for hydroxylation is 1. The number of hydrogen-bond donors (Lipinski definition) is 2. The van der Waals surface area contributed by atoms with Gasteiger partial charge in [0, 0.05) is 17.8 Å². The second-order valence-corrected chi connectivity index (χ2v) is 3.59. The van der Waals surface area contributed by atoms with Gasteiger partial charge < -0.3 is 10.6 Å². The van der Waals surface area contributed by atoms with E-state index in [1.165, 1.54) is 0 Å². The highest BCUT2D eigenvalue weighted by Gasteiger charge is 2.03. The standard InChI is InChI=1S/C12H16N2O2/c1-3-4-12(16)14-10-6-5-9(2)11(7-10)13-8-15/h5-8H,3-4H2,1-2H3,(H,13,15)(H,14,16). The van der Waals surface area contributed by atoms with E-state index in [9.17, 15) is 9.59 Å². The number of benzene rings is 1. The van der Waals surface area contributed by atoms with Crippen molar-refractivity contribution in [2.45, 2.75) is 26.7 Å². The van der Waals surface area contributed by atoms with E-state index in [4.69, 9.17) is 0 Å². The van der Waals surface area contributed by atoms with E-state index in [1.807, 2.05) is 26.0 Å². The molecule has 0 fully saturated rings. The summed E-state index contributed by atoms with van der Waals surface area (Å²) < 4.78 is 0. The Labute approximate surface area is 95.0 Å². The van der Waals surface area contributed by atoms with Gasteiger partial charge in [-0.15, -0.1) is 0 Å². The second-order valence-electron chi connectivity index (χ2n) is 3.59. The molecule has 0 heterocycles. The topological polar surface area (TPSA) is 58.2 Å². The van der Waals surface area contributed by atoms with E-state index in [2.05, 4.69) is 10.6 Å². The molecule has 16 heavy (non-hydrogen) atoms. The van der Waals surface area contributed by atoms with Crippen LogP contribution in [0.25, 0.3) is 0 Å². The Morgan fingerprint density at radius 3 is 2.81 bits per heavy atom. The molecule has 0 radical (unpaired) electrons. The zero-order valence-electron chi connectivity index (χ0n) is 9.54. The summed E-state index contributed by atoms with van der Waals surface area (Å²) in [5.74, 6) is -0.0107. The van der Waals surface area contributed by atoms with Crippen molar-refractivity contribution in [2.24, 2.45) is 0 Å². The Hall–Kier alpha value is -1.84. The van der Waals surface area contributed by atoms with Crippen molar-refractivity contribution in [2.75, 3.05) is 10.6 Å². The number of amides is 2. The van der Waals surface area contributed by atoms with Gasteiger partial charge in [0.25, 0.3) is 0 Å². The highest BCUT2D eigenvalue weighted by molar-refractivity contribution is 5.91. The number of anilines is 2. The molecule has 0 bridgehead atoms. The van der Waals surface area contributed by atoms with Crippen LogP contribution in [0.1, 0.15) is 25.3 Å². The van der Waals surface area contributed by atoms with Crippen LogP contribution in [-0.4, -0.2) is 12.3 Å². The van der Waals surface area contributed by atoms with Crippen molar-refractivity contribution < 1.29 is 9.59 Å². The third-order valence-corrected chi connectivity index (χ3v) is 2.21. The van der Waals surface area contributed by atoms with Gasteiger partial charge in [0.1, 0.15) is 0 Å². The molecule has 0 spiro atoms. The second kappa shape index (κ2) is 5.90.